The van der Waals surface area contributed by atoms with Crippen LogP contribution in [0, 0.1) is 5.92 Å². The van der Waals surface area contributed by atoms with Crippen molar-refractivity contribution in [1.82, 2.24) is 15.1 Å². The molecule has 2 heterocycles. The van der Waals surface area contributed by atoms with E-state index in [0.717, 1.165) is 52.1 Å². The van der Waals surface area contributed by atoms with Crippen LogP contribution in [-0.2, 0) is 4.79 Å². The predicted octanol–water partition coefficient (Wildman–Crippen LogP) is -0.877. The van der Waals surface area contributed by atoms with E-state index in [9.17, 15) is 4.79 Å². The molecular formula is C12H23N3O2. The van der Waals surface area contributed by atoms with E-state index in [2.05, 4.69) is 10.2 Å². The summed E-state index contributed by atoms with van der Waals surface area (Å²) in [6, 6.07) is 0. The van der Waals surface area contributed by atoms with E-state index in [1.54, 1.807) is 0 Å². The number of carbonyl (C=O) groups excluding carboxylic acids is 1. The molecule has 0 bridgehead atoms. The molecule has 0 aliphatic carbocycles. The molecule has 2 aliphatic rings. The first-order valence-electron chi connectivity index (χ1n) is 6.61. The topological polar surface area (TPSA) is 55.8 Å². The summed E-state index contributed by atoms with van der Waals surface area (Å²) in [5.74, 6) is 0.763. The molecule has 0 aromatic carbocycles. The summed E-state index contributed by atoms with van der Waals surface area (Å²) in [5, 5.41) is 12.2. The lowest BCUT2D eigenvalue weighted by Gasteiger charge is -2.28. The Balaban J connectivity index is 1.72. The van der Waals surface area contributed by atoms with Gasteiger partial charge in [0.15, 0.2) is 0 Å². The Labute approximate surface area is 103 Å². The third-order valence-electron chi connectivity index (χ3n) is 3.74. The summed E-state index contributed by atoms with van der Waals surface area (Å²) in [5.41, 5.74) is 0. The van der Waals surface area contributed by atoms with Crippen molar-refractivity contribution in [3.05, 3.63) is 0 Å². The average molecular weight is 241 g/mol. The molecule has 0 aromatic rings. The number of piperazine rings is 1. The van der Waals surface area contributed by atoms with E-state index in [4.69, 9.17) is 5.11 Å². The van der Waals surface area contributed by atoms with Gasteiger partial charge in [-0.3, -0.25) is 9.69 Å². The van der Waals surface area contributed by atoms with Gasteiger partial charge in [-0.25, -0.2) is 0 Å². The van der Waals surface area contributed by atoms with E-state index in [0.29, 0.717) is 12.5 Å². The smallest absolute Gasteiger partial charge is 0.236 e. The van der Waals surface area contributed by atoms with E-state index in [-0.39, 0.29) is 12.5 Å². The van der Waals surface area contributed by atoms with Gasteiger partial charge in [-0.05, 0) is 18.8 Å². The number of hydrogen-bond acceptors (Lipinski definition) is 4. The van der Waals surface area contributed by atoms with Gasteiger partial charge in [0.1, 0.15) is 0 Å². The third kappa shape index (κ3) is 3.66. The zero-order chi connectivity index (χ0) is 12.1. The van der Waals surface area contributed by atoms with Gasteiger partial charge in [0, 0.05) is 45.9 Å². The maximum Gasteiger partial charge on any atom is 0.236 e. The minimum absolute atomic E-state index is 0.241. The van der Waals surface area contributed by atoms with Gasteiger partial charge >= 0.3 is 0 Å². The lowest BCUT2D eigenvalue weighted by molar-refractivity contribution is -0.131. The molecule has 5 heteroatoms. The lowest BCUT2D eigenvalue weighted by Crippen LogP contribution is -2.48. The molecule has 2 rings (SSSR count). The molecule has 2 fully saturated rings. The zero-order valence-electron chi connectivity index (χ0n) is 10.4. The lowest BCUT2D eigenvalue weighted by atomic mass is 10.1. The standard InChI is InChI=1S/C12H23N3O2/c16-8-2-11-1-5-15(9-11)12(17)10-14-6-3-13-4-7-14/h11,13,16H,1-10H2. The van der Waals surface area contributed by atoms with Gasteiger partial charge < -0.3 is 15.3 Å². The van der Waals surface area contributed by atoms with Crippen LogP contribution in [0.5, 0.6) is 0 Å². The second kappa shape index (κ2) is 6.33. The van der Waals surface area contributed by atoms with Crippen LogP contribution in [0.3, 0.4) is 0 Å². The number of carbonyl (C=O) groups is 1. The summed E-state index contributed by atoms with van der Waals surface area (Å²) in [6.45, 7) is 6.43. The molecule has 0 saturated carbocycles. The number of nitrogens with zero attached hydrogens (tertiary/aromatic N) is 2. The van der Waals surface area contributed by atoms with Crippen LogP contribution in [0.15, 0.2) is 0 Å². The van der Waals surface area contributed by atoms with Crippen LogP contribution in [0.2, 0.25) is 0 Å². The van der Waals surface area contributed by atoms with Crippen molar-refractivity contribution >= 4 is 5.91 Å². The summed E-state index contributed by atoms with van der Waals surface area (Å²) in [6.07, 6.45) is 1.88. The molecule has 2 N–H and O–H groups in total. The van der Waals surface area contributed by atoms with Gasteiger partial charge in [-0.15, -0.1) is 0 Å². The van der Waals surface area contributed by atoms with E-state index in [1.165, 1.54) is 0 Å². The summed E-state index contributed by atoms with van der Waals surface area (Å²) in [4.78, 5) is 16.2. The minimum atomic E-state index is 0.241. The fraction of sp³-hybridized carbons (Fsp3) is 0.917. The van der Waals surface area contributed by atoms with Crippen molar-refractivity contribution < 1.29 is 9.90 Å². The molecular weight excluding hydrogens is 218 g/mol. The number of aliphatic hydroxyl groups excluding tert-OH is 1. The number of hydrogen-bond donors (Lipinski definition) is 2. The highest BCUT2D eigenvalue weighted by Crippen LogP contribution is 2.19. The number of amides is 1. The SMILES string of the molecule is O=C(CN1CCNCC1)N1CCC(CCO)C1. The van der Waals surface area contributed by atoms with E-state index in [1.807, 2.05) is 4.90 Å². The molecule has 0 aromatic heterocycles. The minimum Gasteiger partial charge on any atom is -0.396 e. The molecule has 17 heavy (non-hydrogen) atoms. The Morgan fingerprint density at radius 2 is 2.06 bits per heavy atom. The Bertz CT molecular complexity index is 254. The number of aliphatic hydroxyl groups is 1. The molecule has 98 valence electrons. The van der Waals surface area contributed by atoms with Crippen LogP contribution >= 0.6 is 0 Å². The van der Waals surface area contributed by atoms with Crippen molar-refractivity contribution in [2.45, 2.75) is 12.8 Å². The number of nitrogens with one attached hydrogen (secondary N) is 1. The first-order valence-corrected chi connectivity index (χ1v) is 6.61. The van der Waals surface area contributed by atoms with Crippen molar-refractivity contribution in [3.8, 4) is 0 Å². The normalized spacial score (nSPS) is 26.4. The van der Waals surface area contributed by atoms with Gasteiger partial charge in [-0.2, -0.15) is 0 Å². The highest BCUT2D eigenvalue weighted by molar-refractivity contribution is 5.78. The van der Waals surface area contributed by atoms with Crippen molar-refractivity contribution in [2.24, 2.45) is 5.92 Å². The molecule has 0 radical (unpaired) electrons. The highest BCUT2D eigenvalue weighted by atomic mass is 16.3. The second-order valence-electron chi connectivity index (χ2n) is 5.03. The second-order valence-corrected chi connectivity index (χ2v) is 5.03. The third-order valence-corrected chi connectivity index (χ3v) is 3.74. The maximum absolute atomic E-state index is 12.1. The Morgan fingerprint density at radius 1 is 1.29 bits per heavy atom. The van der Waals surface area contributed by atoms with Gasteiger partial charge in [0.25, 0.3) is 0 Å². The number of likely N-dealkylation sites (tertiary alicyclic amines) is 1. The number of rotatable bonds is 4. The molecule has 5 nitrogen and oxygen atoms in total. The van der Waals surface area contributed by atoms with Crippen LogP contribution in [0.4, 0.5) is 0 Å². The van der Waals surface area contributed by atoms with Gasteiger partial charge in [0.2, 0.25) is 5.91 Å². The predicted molar refractivity (Wildman–Crippen MR) is 65.7 cm³/mol. The maximum atomic E-state index is 12.1. The fourth-order valence-corrected chi connectivity index (χ4v) is 2.64. The van der Waals surface area contributed by atoms with Crippen molar-refractivity contribution in [2.75, 3.05) is 52.4 Å². The summed E-state index contributed by atoms with van der Waals surface area (Å²) < 4.78 is 0. The largest absolute Gasteiger partial charge is 0.396 e. The van der Waals surface area contributed by atoms with Crippen LogP contribution in [-0.4, -0.2) is 73.2 Å². The van der Waals surface area contributed by atoms with Gasteiger partial charge in [-0.1, -0.05) is 0 Å². The molecule has 0 spiro atoms. The van der Waals surface area contributed by atoms with Crippen LogP contribution in [0.1, 0.15) is 12.8 Å². The molecule has 2 aliphatic heterocycles. The Kier molecular flexibility index (Phi) is 4.76. The van der Waals surface area contributed by atoms with Gasteiger partial charge in [0.05, 0.1) is 6.54 Å². The van der Waals surface area contributed by atoms with Crippen molar-refractivity contribution in [3.63, 3.8) is 0 Å². The zero-order valence-corrected chi connectivity index (χ0v) is 10.4. The molecule has 1 amide bonds. The monoisotopic (exact) mass is 241 g/mol. The molecule has 1 unspecified atom stereocenters. The fourth-order valence-electron chi connectivity index (χ4n) is 2.64. The molecule has 2 saturated heterocycles. The van der Waals surface area contributed by atoms with Crippen LogP contribution < -0.4 is 5.32 Å². The Morgan fingerprint density at radius 3 is 2.76 bits per heavy atom. The van der Waals surface area contributed by atoms with Crippen LogP contribution in [0.25, 0.3) is 0 Å². The first kappa shape index (κ1) is 12.8. The first-order chi connectivity index (χ1) is 8.29. The Hall–Kier alpha value is -0.650. The summed E-state index contributed by atoms with van der Waals surface area (Å²) in [7, 11) is 0. The highest BCUT2D eigenvalue weighted by Gasteiger charge is 2.26. The average Bonchev–Trinajstić information content (AvgIpc) is 2.79. The quantitative estimate of drug-likeness (QED) is 0.671. The molecule has 1 atom stereocenters. The summed E-state index contributed by atoms with van der Waals surface area (Å²) >= 11 is 0. The van der Waals surface area contributed by atoms with E-state index < -0.39 is 0 Å². The van der Waals surface area contributed by atoms with E-state index >= 15 is 0 Å². The van der Waals surface area contributed by atoms with Crippen molar-refractivity contribution in [1.29, 1.82) is 0 Å².